The minimum absolute atomic E-state index is 0.0864. The summed E-state index contributed by atoms with van der Waals surface area (Å²) in [5, 5.41) is 7.90. The number of rotatable bonds is 2. The second-order valence-electron chi connectivity index (χ2n) is 6.50. The van der Waals surface area contributed by atoms with Gasteiger partial charge < -0.3 is 5.32 Å². The van der Waals surface area contributed by atoms with E-state index in [2.05, 4.69) is 63.1 Å². The lowest BCUT2D eigenvalue weighted by Gasteiger charge is -2.34. The SMILES string of the molecule is CC(Br)C(=O)NN1C2=C(Nc3ccccc31)c1cccc3cccc2c13. The van der Waals surface area contributed by atoms with Crippen molar-refractivity contribution < 1.29 is 4.79 Å². The number of para-hydroxylation sites is 2. The minimum Gasteiger partial charge on any atom is -0.351 e. The highest BCUT2D eigenvalue weighted by molar-refractivity contribution is 9.10. The molecule has 1 heterocycles. The number of carbonyl (C=O) groups excluding carboxylic acids is 1. The van der Waals surface area contributed by atoms with E-state index in [4.69, 9.17) is 0 Å². The molecule has 1 aliphatic carbocycles. The number of nitrogens with zero attached hydrogens (tertiary/aromatic N) is 1. The predicted molar refractivity (Wildman–Crippen MR) is 110 cm³/mol. The zero-order valence-corrected chi connectivity index (χ0v) is 15.7. The molecule has 1 amide bonds. The Morgan fingerprint density at radius 2 is 1.77 bits per heavy atom. The Balaban J connectivity index is 1.75. The summed E-state index contributed by atoms with van der Waals surface area (Å²) in [6, 6.07) is 20.6. The third kappa shape index (κ3) is 2.10. The van der Waals surface area contributed by atoms with Gasteiger partial charge in [0.05, 0.1) is 27.6 Å². The number of hydrogen-bond donors (Lipinski definition) is 2. The lowest BCUT2D eigenvalue weighted by atomic mass is 10.0. The van der Waals surface area contributed by atoms with Crippen molar-refractivity contribution in [1.29, 1.82) is 0 Å². The van der Waals surface area contributed by atoms with Crippen LogP contribution in [0.1, 0.15) is 18.1 Å². The largest absolute Gasteiger partial charge is 0.351 e. The molecule has 0 radical (unpaired) electrons. The number of anilines is 2. The molecule has 0 spiro atoms. The van der Waals surface area contributed by atoms with Gasteiger partial charge in [-0.2, -0.15) is 0 Å². The van der Waals surface area contributed by atoms with Crippen molar-refractivity contribution in [2.75, 3.05) is 10.3 Å². The molecule has 128 valence electrons. The summed E-state index contributed by atoms with van der Waals surface area (Å²) in [6.07, 6.45) is 0. The number of amides is 1. The van der Waals surface area contributed by atoms with Crippen molar-refractivity contribution in [1.82, 2.24) is 5.43 Å². The van der Waals surface area contributed by atoms with Crippen LogP contribution in [0.3, 0.4) is 0 Å². The van der Waals surface area contributed by atoms with Crippen LogP contribution in [0.25, 0.3) is 22.2 Å². The number of fused-ring (bicyclic) bond motifs is 3. The van der Waals surface area contributed by atoms with Crippen molar-refractivity contribution in [2.24, 2.45) is 0 Å². The lowest BCUT2D eigenvalue weighted by molar-refractivity contribution is -0.120. The topological polar surface area (TPSA) is 44.4 Å². The van der Waals surface area contributed by atoms with Crippen molar-refractivity contribution in [3.05, 3.63) is 71.8 Å². The summed E-state index contributed by atoms with van der Waals surface area (Å²) < 4.78 is 0. The molecule has 1 atom stereocenters. The molecule has 0 aromatic heterocycles. The molecule has 0 saturated carbocycles. The van der Waals surface area contributed by atoms with Crippen LogP contribution in [0.5, 0.6) is 0 Å². The maximum atomic E-state index is 12.5. The third-order valence-electron chi connectivity index (χ3n) is 4.88. The molecule has 26 heavy (non-hydrogen) atoms. The summed E-state index contributed by atoms with van der Waals surface area (Å²) in [5.41, 5.74) is 9.27. The second-order valence-corrected chi connectivity index (χ2v) is 7.88. The van der Waals surface area contributed by atoms with Crippen molar-refractivity contribution >= 4 is 55.4 Å². The van der Waals surface area contributed by atoms with E-state index in [0.717, 1.165) is 33.9 Å². The van der Waals surface area contributed by atoms with Crippen LogP contribution in [-0.2, 0) is 4.79 Å². The van der Waals surface area contributed by atoms with Crippen LogP contribution in [-0.4, -0.2) is 10.7 Å². The van der Waals surface area contributed by atoms with E-state index in [-0.39, 0.29) is 10.7 Å². The minimum atomic E-state index is -0.284. The third-order valence-corrected chi connectivity index (χ3v) is 5.29. The van der Waals surface area contributed by atoms with Crippen LogP contribution in [0.2, 0.25) is 0 Å². The Labute approximate surface area is 159 Å². The lowest BCUT2D eigenvalue weighted by Crippen LogP contribution is -2.45. The highest BCUT2D eigenvalue weighted by atomic mass is 79.9. The maximum absolute atomic E-state index is 12.5. The average Bonchev–Trinajstić information content (AvgIpc) is 2.97. The van der Waals surface area contributed by atoms with Gasteiger partial charge in [-0.1, -0.05) is 64.5 Å². The monoisotopic (exact) mass is 405 g/mol. The average molecular weight is 406 g/mol. The number of alkyl halides is 1. The Bertz CT molecular complexity index is 1100. The first kappa shape index (κ1) is 15.5. The van der Waals surface area contributed by atoms with Gasteiger partial charge in [0.15, 0.2) is 0 Å². The highest BCUT2D eigenvalue weighted by Gasteiger charge is 2.34. The van der Waals surface area contributed by atoms with E-state index in [1.165, 1.54) is 10.8 Å². The summed E-state index contributed by atoms with van der Waals surface area (Å²) in [4.78, 5) is 12.2. The first-order valence-electron chi connectivity index (χ1n) is 8.52. The standard InChI is InChI=1S/C21H16BrN3O/c1-12(22)21(26)24-25-17-11-3-2-10-16(17)23-19-14-8-4-6-13-7-5-9-15(18(13)14)20(19)25/h2-12,23H,1H3,(H,24,26). The fourth-order valence-electron chi connectivity index (χ4n) is 3.71. The zero-order valence-electron chi connectivity index (χ0n) is 14.1. The second kappa shape index (κ2) is 5.61. The molecule has 5 rings (SSSR count). The number of hydrazine groups is 1. The van der Waals surface area contributed by atoms with Gasteiger partial charge in [0.2, 0.25) is 0 Å². The fraction of sp³-hybridized carbons (Fsp3) is 0.0952. The van der Waals surface area contributed by atoms with Crippen LogP contribution in [0.4, 0.5) is 11.4 Å². The van der Waals surface area contributed by atoms with E-state index < -0.39 is 0 Å². The molecule has 3 aromatic carbocycles. The van der Waals surface area contributed by atoms with Gasteiger partial charge in [-0.05, 0) is 24.4 Å². The van der Waals surface area contributed by atoms with E-state index in [1.807, 2.05) is 36.2 Å². The highest BCUT2D eigenvalue weighted by Crippen LogP contribution is 2.48. The fourth-order valence-corrected chi connectivity index (χ4v) is 3.81. The van der Waals surface area contributed by atoms with Crippen LogP contribution in [0.15, 0.2) is 60.7 Å². The molecule has 2 N–H and O–H groups in total. The normalized spacial score (nSPS) is 15.4. The van der Waals surface area contributed by atoms with Crippen molar-refractivity contribution in [3.8, 4) is 0 Å². The Kier molecular flexibility index (Phi) is 3.34. The maximum Gasteiger partial charge on any atom is 0.252 e. The van der Waals surface area contributed by atoms with Gasteiger partial charge >= 0.3 is 0 Å². The van der Waals surface area contributed by atoms with Crippen LogP contribution >= 0.6 is 15.9 Å². The summed E-state index contributed by atoms with van der Waals surface area (Å²) in [7, 11) is 0. The molecule has 0 saturated heterocycles. The van der Waals surface area contributed by atoms with Gasteiger partial charge in [0.25, 0.3) is 5.91 Å². The number of carbonyl (C=O) groups is 1. The number of nitrogens with one attached hydrogen (secondary N) is 2. The van der Waals surface area contributed by atoms with Gasteiger partial charge in [-0.25, -0.2) is 5.01 Å². The number of hydrogen-bond acceptors (Lipinski definition) is 3. The van der Waals surface area contributed by atoms with Gasteiger partial charge in [-0.15, -0.1) is 0 Å². The molecule has 0 fully saturated rings. The Morgan fingerprint density at radius 3 is 2.54 bits per heavy atom. The van der Waals surface area contributed by atoms with E-state index in [9.17, 15) is 4.79 Å². The Morgan fingerprint density at radius 1 is 1.04 bits per heavy atom. The van der Waals surface area contributed by atoms with Crippen molar-refractivity contribution in [3.63, 3.8) is 0 Å². The van der Waals surface area contributed by atoms with Crippen LogP contribution < -0.4 is 15.8 Å². The van der Waals surface area contributed by atoms with Crippen molar-refractivity contribution in [2.45, 2.75) is 11.8 Å². The predicted octanol–water partition coefficient (Wildman–Crippen LogP) is 4.73. The molecule has 1 unspecified atom stereocenters. The molecular weight excluding hydrogens is 390 g/mol. The molecular formula is C21H16BrN3O. The summed E-state index contributed by atoms with van der Waals surface area (Å²) in [5.74, 6) is -0.0864. The summed E-state index contributed by atoms with van der Waals surface area (Å²) in [6.45, 7) is 1.82. The Hall–Kier alpha value is -2.79. The molecule has 0 bridgehead atoms. The first-order valence-corrected chi connectivity index (χ1v) is 9.44. The van der Waals surface area contributed by atoms with Gasteiger partial charge in [0, 0.05) is 16.5 Å². The molecule has 1 aliphatic heterocycles. The van der Waals surface area contributed by atoms with E-state index in [1.54, 1.807) is 0 Å². The first-order chi connectivity index (χ1) is 12.6. The van der Waals surface area contributed by atoms with E-state index >= 15 is 0 Å². The number of halogens is 1. The molecule has 4 nitrogen and oxygen atoms in total. The molecule has 2 aliphatic rings. The van der Waals surface area contributed by atoms with E-state index in [0.29, 0.717) is 0 Å². The quantitative estimate of drug-likeness (QED) is 0.605. The van der Waals surface area contributed by atoms with Gasteiger partial charge in [-0.3, -0.25) is 10.2 Å². The zero-order chi connectivity index (χ0) is 17.8. The van der Waals surface area contributed by atoms with Crippen LogP contribution in [0, 0.1) is 0 Å². The number of benzene rings is 3. The molecule has 5 heteroatoms. The summed E-state index contributed by atoms with van der Waals surface area (Å²) >= 11 is 3.37. The van der Waals surface area contributed by atoms with Gasteiger partial charge in [0.1, 0.15) is 0 Å². The molecule has 3 aromatic rings. The smallest absolute Gasteiger partial charge is 0.252 e.